The second-order valence-electron chi connectivity index (χ2n) is 3.00. The average molecular weight is 220 g/mol. The lowest BCUT2D eigenvalue weighted by Gasteiger charge is -1.96. The van der Waals surface area contributed by atoms with E-state index in [1.54, 1.807) is 13.0 Å². The molecule has 0 saturated carbocycles. The van der Waals surface area contributed by atoms with Crippen LogP contribution in [-0.4, -0.2) is 12.6 Å². The Hall–Kier alpha value is -1.57. The summed E-state index contributed by atoms with van der Waals surface area (Å²) in [7, 11) is 0. The number of rotatable bonds is 3. The molecular formula is C14H20O2. The molecule has 2 heteroatoms. The fraction of sp³-hybridized carbons (Fsp3) is 0.357. The Morgan fingerprint density at radius 1 is 1.25 bits per heavy atom. The summed E-state index contributed by atoms with van der Waals surface area (Å²) in [5.41, 5.74) is 2.21. The molecule has 16 heavy (non-hydrogen) atoms. The Morgan fingerprint density at radius 3 is 2.31 bits per heavy atom. The van der Waals surface area contributed by atoms with Crippen LogP contribution in [0.4, 0.5) is 0 Å². The number of hydrogen-bond acceptors (Lipinski definition) is 2. The fourth-order valence-electron chi connectivity index (χ4n) is 1.03. The molecule has 0 N–H and O–H groups in total. The summed E-state index contributed by atoms with van der Waals surface area (Å²) in [6.45, 7) is 8.23. The Kier molecular flexibility index (Phi) is 7.86. The number of aryl methyl sites for hydroxylation is 1. The van der Waals surface area contributed by atoms with E-state index in [1.165, 1.54) is 11.6 Å². The number of benzene rings is 1. The maximum atomic E-state index is 11.0. The fourth-order valence-corrected chi connectivity index (χ4v) is 1.03. The van der Waals surface area contributed by atoms with Gasteiger partial charge in [-0.25, -0.2) is 4.79 Å². The van der Waals surface area contributed by atoms with E-state index in [-0.39, 0.29) is 5.97 Å². The highest BCUT2D eigenvalue weighted by atomic mass is 16.5. The molecule has 0 amide bonds. The van der Waals surface area contributed by atoms with Gasteiger partial charge < -0.3 is 4.74 Å². The molecule has 0 bridgehead atoms. The van der Waals surface area contributed by atoms with Crippen molar-refractivity contribution in [2.24, 2.45) is 0 Å². The maximum absolute atomic E-state index is 11.0. The van der Waals surface area contributed by atoms with Gasteiger partial charge in [0.05, 0.1) is 6.61 Å². The second kappa shape index (κ2) is 8.72. The molecule has 88 valence electrons. The Balaban J connectivity index is 0.00000106. The minimum absolute atomic E-state index is 0.298. The van der Waals surface area contributed by atoms with Crippen molar-refractivity contribution in [3.05, 3.63) is 41.5 Å². The second-order valence-corrected chi connectivity index (χ2v) is 3.00. The van der Waals surface area contributed by atoms with Crippen molar-refractivity contribution in [2.45, 2.75) is 27.7 Å². The van der Waals surface area contributed by atoms with Crippen molar-refractivity contribution in [1.29, 1.82) is 0 Å². The molecule has 0 aromatic heterocycles. The minimum atomic E-state index is -0.298. The van der Waals surface area contributed by atoms with Gasteiger partial charge in [0.1, 0.15) is 0 Å². The van der Waals surface area contributed by atoms with Crippen LogP contribution in [0.5, 0.6) is 0 Å². The van der Waals surface area contributed by atoms with Gasteiger partial charge in [0.2, 0.25) is 0 Å². The van der Waals surface area contributed by atoms with Gasteiger partial charge in [-0.05, 0) is 25.5 Å². The Bertz CT molecular complexity index is 323. The van der Waals surface area contributed by atoms with Gasteiger partial charge in [-0.1, -0.05) is 43.7 Å². The highest BCUT2D eigenvalue weighted by Gasteiger charge is 1.93. The topological polar surface area (TPSA) is 26.3 Å². The molecule has 0 atom stereocenters. The van der Waals surface area contributed by atoms with Crippen molar-refractivity contribution in [1.82, 2.24) is 0 Å². The first-order valence-corrected chi connectivity index (χ1v) is 5.64. The van der Waals surface area contributed by atoms with E-state index < -0.39 is 0 Å². The highest BCUT2D eigenvalue weighted by Crippen LogP contribution is 2.04. The number of hydrogen-bond donors (Lipinski definition) is 0. The Labute approximate surface area is 97.9 Å². The van der Waals surface area contributed by atoms with Crippen LogP contribution in [-0.2, 0) is 9.53 Å². The van der Waals surface area contributed by atoms with Gasteiger partial charge >= 0.3 is 5.97 Å². The monoisotopic (exact) mass is 220 g/mol. The van der Waals surface area contributed by atoms with Crippen LogP contribution in [0.1, 0.15) is 31.9 Å². The molecule has 2 nitrogen and oxygen atoms in total. The summed E-state index contributed by atoms with van der Waals surface area (Å²) < 4.78 is 4.76. The largest absolute Gasteiger partial charge is 0.463 e. The van der Waals surface area contributed by atoms with Gasteiger partial charge in [-0.2, -0.15) is 0 Å². The summed E-state index contributed by atoms with van der Waals surface area (Å²) in [5, 5.41) is 0. The van der Waals surface area contributed by atoms with Crippen molar-refractivity contribution in [3.63, 3.8) is 0 Å². The summed E-state index contributed by atoms with van der Waals surface area (Å²) in [5.74, 6) is -0.298. The normalized spacial score (nSPS) is 9.50. The van der Waals surface area contributed by atoms with E-state index in [1.807, 2.05) is 45.0 Å². The Morgan fingerprint density at radius 2 is 1.81 bits per heavy atom. The average Bonchev–Trinajstić information content (AvgIpc) is 2.31. The molecule has 1 aromatic carbocycles. The van der Waals surface area contributed by atoms with Crippen LogP contribution >= 0.6 is 0 Å². The lowest BCUT2D eigenvalue weighted by Crippen LogP contribution is -1.98. The zero-order chi connectivity index (χ0) is 12.4. The predicted octanol–water partition coefficient (Wildman–Crippen LogP) is 3.60. The van der Waals surface area contributed by atoms with Crippen LogP contribution in [0.2, 0.25) is 0 Å². The summed E-state index contributed by atoms with van der Waals surface area (Å²) in [6, 6.07) is 7.94. The lowest BCUT2D eigenvalue weighted by atomic mass is 10.1. The summed E-state index contributed by atoms with van der Waals surface area (Å²) in [4.78, 5) is 11.0. The standard InChI is InChI=1S/C12H14O2.C2H6/c1-3-14-12(13)9-8-11-6-4-10(2)5-7-11;1-2/h4-9H,3H2,1-2H3;1-2H3/b9-8+;. The molecule has 1 aromatic rings. The van der Waals surface area contributed by atoms with Gasteiger partial charge in [0, 0.05) is 6.08 Å². The predicted molar refractivity (Wildman–Crippen MR) is 68.2 cm³/mol. The lowest BCUT2D eigenvalue weighted by molar-refractivity contribution is -0.137. The number of esters is 1. The van der Waals surface area contributed by atoms with Crippen LogP contribution in [0.25, 0.3) is 6.08 Å². The third kappa shape index (κ3) is 6.02. The van der Waals surface area contributed by atoms with E-state index in [0.717, 1.165) is 5.56 Å². The van der Waals surface area contributed by atoms with E-state index in [2.05, 4.69) is 0 Å². The summed E-state index contributed by atoms with van der Waals surface area (Å²) >= 11 is 0. The molecule has 0 aliphatic carbocycles. The molecule has 0 heterocycles. The van der Waals surface area contributed by atoms with Gasteiger partial charge in [0.15, 0.2) is 0 Å². The van der Waals surface area contributed by atoms with Gasteiger partial charge in [-0.15, -0.1) is 0 Å². The van der Waals surface area contributed by atoms with Crippen molar-refractivity contribution < 1.29 is 9.53 Å². The van der Waals surface area contributed by atoms with E-state index in [0.29, 0.717) is 6.61 Å². The summed E-state index contributed by atoms with van der Waals surface area (Å²) in [6.07, 6.45) is 3.19. The third-order valence-corrected chi connectivity index (χ3v) is 1.78. The van der Waals surface area contributed by atoms with Crippen molar-refractivity contribution in [2.75, 3.05) is 6.61 Å². The molecule has 0 aliphatic heterocycles. The van der Waals surface area contributed by atoms with E-state index >= 15 is 0 Å². The molecule has 1 rings (SSSR count). The van der Waals surface area contributed by atoms with Gasteiger partial charge in [0.25, 0.3) is 0 Å². The zero-order valence-corrected chi connectivity index (χ0v) is 10.5. The highest BCUT2D eigenvalue weighted by molar-refractivity contribution is 5.86. The smallest absolute Gasteiger partial charge is 0.330 e. The van der Waals surface area contributed by atoms with Gasteiger partial charge in [-0.3, -0.25) is 0 Å². The minimum Gasteiger partial charge on any atom is -0.463 e. The number of carbonyl (C=O) groups is 1. The molecule has 0 spiro atoms. The van der Waals surface area contributed by atoms with Crippen LogP contribution in [0.15, 0.2) is 30.3 Å². The first-order chi connectivity index (χ1) is 7.72. The molecule has 0 fully saturated rings. The first kappa shape index (κ1) is 14.4. The SMILES string of the molecule is CC.CCOC(=O)/C=C/c1ccc(C)cc1. The van der Waals surface area contributed by atoms with E-state index in [9.17, 15) is 4.79 Å². The molecule has 0 radical (unpaired) electrons. The first-order valence-electron chi connectivity index (χ1n) is 5.64. The number of ether oxygens (including phenoxy) is 1. The molecular weight excluding hydrogens is 200 g/mol. The van der Waals surface area contributed by atoms with Crippen molar-refractivity contribution in [3.8, 4) is 0 Å². The van der Waals surface area contributed by atoms with Crippen molar-refractivity contribution >= 4 is 12.0 Å². The molecule has 0 unspecified atom stereocenters. The quantitative estimate of drug-likeness (QED) is 0.574. The molecule has 0 aliphatic rings. The van der Waals surface area contributed by atoms with E-state index in [4.69, 9.17) is 4.74 Å². The zero-order valence-electron chi connectivity index (χ0n) is 10.5. The van der Waals surface area contributed by atoms with Crippen LogP contribution < -0.4 is 0 Å². The van der Waals surface area contributed by atoms with Crippen LogP contribution in [0.3, 0.4) is 0 Å². The number of carbonyl (C=O) groups excluding carboxylic acids is 1. The molecule has 0 saturated heterocycles. The van der Waals surface area contributed by atoms with Crippen LogP contribution in [0, 0.1) is 6.92 Å². The maximum Gasteiger partial charge on any atom is 0.330 e. The third-order valence-electron chi connectivity index (χ3n) is 1.78.